The molecule has 0 rings (SSSR count). The van der Waals surface area contributed by atoms with Crippen molar-refractivity contribution in [3.8, 4) is 0 Å². The third kappa shape index (κ3) is 25.8. The lowest BCUT2D eigenvalue weighted by Gasteiger charge is -2.02. The molecule has 0 fully saturated rings. The van der Waals surface area contributed by atoms with E-state index < -0.39 is 0 Å². The molecule has 0 aliphatic rings. The molecule has 0 saturated heterocycles. The number of aliphatic hydroxyl groups is 3. The fourth-order valence-electron chi connectivity index (χ4n) is 0.288. The van der Waals surface area contributed by atoms with E-state index in [0.717, 1.165) is 0 Å². The van der Waals surface area contributed by atoms with Crippen molar-refractivity contribution in [1.29, 1.82) is 0 Å². The van der Waals surface area contributed by atoms with Gasteiger partial charge in [0.15, 0.2) is 0 Å². The minimum absolute atomic E-state index is 0.123. The van der Waals surface area contributed by atoms with Crippen molar-refractivity contribution in [1.82, 2.24) is 0 Å². The first-order valence-corrected chi connectivity index (χ1v) is 3.63. The first kappa shape index (κ1) is 13.4. The third-order valence-electron chi connectivity index (χ3n) is 0.642. The van der Waals surface area contributed by atoms with Gasteiger partial charge in [0.25, 0.3) is 0 Å². The van der Waals surface area contributed by atoms with Gasteiger partial charge in [0.1, 0.15) is 0 Å². The van der Waals surface area contributed by atoms with E-state index in [1.54, 1.807) is 0 Å². The van der Waals surface area contributed by atoms with Crippen molar-refractivity contribution in [3.05, 3.63) is 0 Å². The molecule has 0 amide bonds. The highest BCUT2D eigenvalue weighted by molar-refractivity contribution is 4.33. The Kier molecular flexibility index (Phi) is 15.3. The van der Waals surface area contributed by atoms with Gasteiger partial charge in [0, 0.05) is 0 Å². The molecule has 0 aliphatic carbocycles. The molecule has 0 aromatic carbocycles. The molecule has 0 bridgehead atoms. The van der Waals surface area contributed by atoms with Crippen LogP contribution < -0.4 is 0 Å². The van der Waals surface area contributed by atoms with Gasteiger partial charge in [-0.2, -0.15) is 0 Å². The second-order valence-electron chi connectivity index (χ2n) is 2.09. The molecule has 0 unspecified atom stereocenters. The highest BCUT2D eigenvalue weighted by Crippen LogP contribution is 1.83. The molecule has 4 nitrogen and oxygen atoms in total. The maximum absolute atomic E-state index is 8.19. The Morgan fingerprint density at radius 2 is 1.45 bits per heavy atom. The van der Waals surface area contributed by atoms with Gasteiger partial charge in [-0.3, -0.25) is 0 Å². The average Bonchev–Trinajstić information content (AvgIpc) is 2.01. The molecule has 0 spiro atoms. The lowest BCUT2D eigenvalue weighted by atomic mass is 10.5. The Bertz CT molecular complexity index is 54.4. The predicted octanol–water partition coefficient (Wildman–Crippen LogP) is -0.625. The zero-order valence-corrected chi connectivity index (χ0v) is 7.16. The second kappa shape index (κ2) is 12.5. The largest absolute Gasteiger partial charge is 0.394 e. The number of aliphatic hydroxyl groups excluding tert-OH is 3. The number of ether oxygens (including phenoxy) is 1. The summed E-state index contributed by atoms with van der Waals surface area (Å²) in [6.07, 6.45) is 0.243. The molecule has 0 aliphatic heterocycles. The highest BCUT2D eigenvalue weighted by Gasteiger charge is 1.87. The van der Waals surface area contributed by atoms with E-state index in [0.29, 0.717) is 6.61 Å². The molecule has 3 N–H and O–H groups in total. The van der Waals surface area contributed by atoms with Crippen LogP contribution in [0.5, 0.6) is 0 Å². The van der Waals surface area contributed by atoms with Gasteiger partial charge in [0.2, 0.25) is 0 Å². The Morgan fingerprint density at radius 3 is 1.55 bits per heavy atom. The molecular formula is C7H18O4. The molecule has 0 aromatic heterocycles. The summed E-state index contributed by atoms with van der Waals surface area (Å²) < 4.78 is 4.94. The van der Waals surface area contributed by atoms with Crippen LogP contribution in [0, 0.1) is 0 Å². The zero-order chi connectivity index (χ0) is 9.11. The summed E-state index contributed by atoms with van der Waals surface area (Å²) in [4.78, 5) is 0. The first-order valence-electron chi connectivity index (χ1n) is 3.63. The molecule has 0 heterocycles. The Morgan fingerprint density at radius 1 is 1.00 bits per heavy atom. The molecule has 0 atom stereocenters. The normalized spacial score (nSPS) is 9.27. The van der Waals surface area contributed by atoms with Crippen LogP contribution in [0.2, 0.25) is 0 Å². The van der Waals surface area contributed by atoms with Crippen LogP contribution in [-0.4, -0.2) is 47.9 Å². The van der Waals surface area contributed by atoms with Crippen molar-refractivity contribution in [2.24, 2.45) is 0 Å². The maximum Gasteiger partial charge on any atom is 0.0701 e. The van der Waals surface area contributed by atoms with Crippen molar-refractivity contribution in [2.75, 3.05) is 26.4 Å². The summed E-state index contributed by atoms with van der Waals surface area (Å²) in [5.74, 6) is 0. The van der Waals surface area contributed by atoms with Gasteiger partial charge in [-0.25, -0.2) is 0 Å². The van der Waals surface area contributed by atoms with Crippen LogP contribution in [0.1, 0.15) is 13.8 Å². The summed E-state index contributed by atoms with van der Waals surface area (Å²) in [7, 11) is 0. The summed E-state index contributed by atoms with van der Waals surface area (Å²) in [6.45, 7) is 4.21. The van der Waals surface area contributed by atoms with Gasteiger partial charge in [-0.1, -0.05) is 0 Å². The lowest BCUT2D eigenvalue weighted by molar-refractivity contribution is 0.0494. The Hall–Kier alpha value is -0.160. The third-order valence-corrected chi connectivity index (χ3v) is 0.642. The maximum atomic E-state index is 8.19. The van der Waals surface area contributed by atoms with Crippen LogP contribution in [0.4, 0.5) is 0 Å². The SMILES string of the molecule is CC(C)OCCO.OCCO. The number of hydrogen-bond donors (Lipinski definition) is 3. The van der Waals surface area contributed by atoms with Crippen LogP contribution in [0.15, 0.2) is 0 Å². The molecule has 0 aromatic rings. The highest BCUT2D eigenvalue weighted by atomic mass is 16.5. The Labute approximate surface area is 67.4 Å². The quantitative estimate of drug-likeness (QED) is 0.520. The summed E-state index contributed by atoms with van der Waals surface area (Å²) in [5.41, 5.74) is 0. The minimum atomic E-state index is -0.125. The van der Waals surface area contributed by atoms with E-state index in [1.165, 1.54) is 0 Å². The molecule has 0 saturated carbocycles. The summed E-state index contributed by atoms with van der Waals surface area (Å²) >= 11 is 0. The van der Waals surface area contributed by atoms with Crippen molar-refractivity contribution in [3.63, 3.8) is 0 Å². The zero-order valence-electron chi connectivity index (χ0n) is 7.16. The van der Waals surface area contributed by atoms with Gasteiger partial charge >= 0.3 is 0 Å². The van der Waals surface area contributed by atoms with Crippen molar-refractivity contribution in [2.45, 2.75) is 20.0 Å². The monoisotopic (exact) mass is 166 g/mol. The number of hydrogen-bond acceptors (Lipinski definition) is 4. The second-order valence-corrected chi connectivity index (χ2v) is 2.09. The molecular weight excluding hydrogens is 148 g/mol. The van der Waals surface area contributed by atoms with Crippen LogP contribution in [0.3, 0.4) is 0 Å². The van der Waals surface area contributed by atoms with Crippen LogP contribution >= 0.6 is 0 Å². The van der Waals surface area contributed by atoms with E-state index >= 15 is 0 Å². The summed E-state index contributed by atoms with van der Waals surface area (Å²) in [6, 6.07) is 0. The predicted molar refractivity (Wildman–Crippen MR) is 42.3 cm³/mol. The van der Waals surface area contributed by atoms with E-state index in [2.05, 4.69) is 0 Å². The fraction of sp³-hybridized carbons (Fsp3) is 1.00. The fourth-order valence-corrected chi connectivity index (χ4v) is 0.288. The van der Waals surface area contributed by atoms with E-state index in [-0.39, 0.29) is 25.9 Å². The van der Waals surface area contributed by atoms with Crippen molar-refractivity contribution >= 4 is 0 Å². The van der Waals surface area contributed by atoms with Gasteiger partial charge in [0.05, 0.1) is 32.5 Å². The van der Waals surface area contributed by atoms with Crippen molar-refractivity contribution < 1.29 is 20.1 Å². The van der Waals surface area contributed by atoms with E-state index in [4.69, 9.17) is 20.1 Å². The van der Waals surface area contributed by atoms with Crippen LogP contribution in [-0.2, 0) is 4.74 Å². The average molecular weight is 166 g/mol. The molecule has 0 radical (unpaired) electrons. The van der Waals surface area contributed by atoms with Gasteiger partial charge in [-0.15, -0.1) is 0 Å². The molecule has 4 heteroatoms. The lowest BCUT2D eigenvalue weighted by Crippen LogP contribution is -2.06. The molecule has 11 heavy (non-hydrogen) atoms. The number of rotatable bonds is 4. The first-order chi connectivity index (χ1) is 5.18. The van der Waals surface area contributed by atoms with Gasteiger partial charge in [-0.05, 0) is 13.8 Å². The molecule has 70 valence electrons. The topological polar surface area (TPSA) is 69.9 Å². The minimum Gasteiger partial charge on any atom is -0.394 e. The van der Waals surface area contributed by atoms with Crippen LogP contribution in [0.25, 0.3) is 0 Å². The standard InChI is InChI=1S/C5H12O2.C2H6O2/c1-5(2)7-4-3-6;3-1-2-4/h5-6H,3-4H2,1-2H3;3-4H,1-2H2. The summed E-state index contributed by atoms with van der Waals surface area (Å²) in [5, 5.41) is 23.4. The van der Waals surface area contributed by atoms with E-state index in [9.17, 15) is 0 Å². The Balaban J connectivity index is 0. The van der Waals surface area contributed by atoms with Gasteiger partial charge < -0.3 is 20.1 Å². The van der Waals surface area contributed by atoms with E-state index in [1.807, 2.05) is 13.8 Å². The smallest absolute Gasteiger partial charge is 0.0701 e.